The van der Waals surface area contributed by atoms with E-state index in [-0.39, 0.29) is 12.8 Å². The van der Waals surface area contributed by atoms with E-state index in [1.807, 2.05) is 0 Å². The minimum Gasteiger partial charge on any atom is -0.462 e. The van der Waals surface area contributed by atoms with Crippen LogP contribution in [0.1, 0.15) is 181 Å². The second-order valence-corrected chi connectivity index (χ2v) is 17.0. The van der Waals surface area contributed by atoms with E-state index >= 15 is 0 Å². The number of hydrogen-bond donors (Lipinski definition) is 6. The lowest BCUT2D eigenvalue weighted by Crippen LogP contribution is -2.64. The van der Waals surface area contributed by atoms with Gasteiger partial charge in [-0.3, -0.25) is 18.6 Å². The molecule has 14 heteroatoms. The monoisotopic (exact) mass is 835 g/mol. The summed E-state index contributed by atoms with van der Waals surface area (Å²) in [4.78, 5) is 35.6. The minimum absolute atomic E-state index is 0.0902. The van der Waals surface area contributed by atoms with Crippen LogP contribution in [-0.2, 0) is 32.7 Å². The van der Waals surface area contributed by atoms with E-state index in [9.17, 15) is 44.6 Å². The number of rotatable bonds is 36. The zero-order valence-corrected chi connectivity index (χ0v) is 36.0. The van der Waals surface area contributed by atoms with Gasteiger partial charge in [-0.15, -0.1) is 0 Å². The van der Waals surface area contributed by atoms with E-state index in [2.05, 4.69) is 38.2 Å². The molecule has 6 N–H and O–H groups in total. The van der Waals surface area contributed by atoms with Crippen molar-refractivity contribution in [1.29, 1.82) is 0 Å². The molecule has 0 aromatic carbocycles. The van der Waals surface area contributed by atoms with Gasteiger partial charge in [-0.05, 0) is 44.9 Å². The van der Waals surface area contributed by atoms with Crippen LogP contribution in [0.25, 0.3) is 0 Å². The van der Waals surface area contributed by atoms with Gasteiger partial charge in [0, 0.05) is 12.8 Å². The number of phosphoric acid groups is 1. The highest BCUT2D eigenvalue weighted by molar-refractivity contribution is 7.47. The molecule has 0 heterocycles. The normalized spacial score (nSPS) is 22.9. The largest absolute Gasteiger partial charge is 0.472 e. The molecule has 1 rings (SSSR count). The molecule has 0 amide bonds. The van der Waals surface area contributed by atoms with Crippen molar-refractivity contribution in [2.24, 2.45) is 0 Å². The number of aliphatic hydroxyl groups excluding tert-OH is 5. The van der Waals surface area contributed by atoms with E-state index in [1.54, 1.807) is 0 Å². The van der Waals surface area contributed by atoms with Crippen LogP contribution in [0.2, 0.25) is 0 Å². The summed E-state index contributed by atoms with van der Waals surface area (Å²) in [7, 11) is -5.11. The highest BCUT2D eigenvalue weighted by atomic mass is 31.2. The first-order valence-corrected chi connectivity index (χ1v) is 23.6. The van der Waals surface area contributed by atoms with Crippen LogP contribution in [0.3, 0.4) is 0 Å². The zero-order chi connectivity index (χ0) is 42.2. The maximum Gasteiger partial charge on any atom is 0.472 e. The van der Waals surface area contributed by atoms with Gasteiger partial charge in [0.05, 0.1) is 6.61 Å². The van der Waals surface area contributed by atoms with Crippen molar-refractivity contribution in [2.45, 2.75) is 224 Å². The molecule has 1 aliphatic carbocycles. The predicted molar refractivity (Wildman–Crippen MR) is 221 cm³/mol. The average Bonchev–Trinajstić information content (AvgIpc) is 3.19. The molecule has 1 fully saturated rings. The Kier molecular flexibility index (Phi) is 31.9. The van der Waals surface area contributed by atoms with Crippen molar-refractivity contribution in [3.63, 3.8) is 0 Å². The molecule has 1 saturated carbocycles. The van der Waals surface area contributed by atoms with E-state index in [1.165, 1.54) is 64.2 Å². The van der Waals surface area contributed by atoms with Crippen molar-refractivity contribution in [3.05, 3.63) is 24.3 Å². The van der Waals surface area contributed by atoms with Crippen LogP contribution in [0.4, 0.5) is 0 Å². The van der Waals surface area contributed by atoms with Gasteiger partial charge in [-0.1, -0.05) is 147 Å². The van der Waals surface area contributed by atoms with E-state index in [0.717, 1.165) is 77.0 Å². The molecule has 57 heavy (non-hydrogen) atoms. The van der Waals surface area contributed by atoms with Crippen molar-refractivity contribution in [2.75, 3.05) is 13.2 Å². The lowest BCUT2D eigenvalue weighted by Gasteiger charge is -2.41. The second kappa shape index (κ2) is 34.1. The molecular weight excluding hydrogens is 755 g/mol. The van der Waals surface area contributed by atoms with Crippen LogP contribution in [-0.4, -0.2) is 98.3 Å². The summed E-state index contributed by atoms with van der Waals surface area (Å²) in [6, 6.07) is 0. The fourth-order valence-electron chi connectivity index (χ4n) is 6.67. The third-order valence-electron chi connectivity index (χ3n) is 10.3. The van der Waals surface area contributed by atoms with Gasteiger partial charge in [0.25, 0.3) is 0 Å². The first kappa shape index (κ1) is 53.3. The summed E-state index contributed by atoms with van der Waals surface area (Å²) in [5.41, 5.74) is 0. The van der Waals surface area contributed by atoms with Crippen LogP contribution in [0.5, 0.6) is 0 Å². The molecule has 0 radical (unpaired) electrons. The molecule has 0 spiro atoms. The van der Waals surface area contributed by atoms with Gasteiger partial charge in [-0.25, -0.2) is 4.57 Å². The van der Waals surface area contributed by atoms with Crippen molar-refractivity contribution < 1.29 is 63.1 Å². The van der Waals surface area contributed by atoms with Crippen molar-refractivity contribution >= 4 is 19.8 Å². The number of carbonyl (C=O) groups is 2. The predicted octanol–water partition coefficient (Wildman–Crippen LogP) is 8.06. The Morgan fingerprint density at radius 1 is 0.544 bits per heavy atom. The lowest BCUT2D eigenvalue weighted by atomic mass is 9.85. The van der Waals surface area contributed by atoms with Crippen LogP contribution in [0.15, 0.2) is 24.3 Å². The Morgan fingerprint density at radius 3 is 1.46 bits per heavy atom. The molecule has 1 aliphatic rings. The SMILES string of the molecule is CCCCC/C=C\C/C=C\CCCCCCCCCC(=O)O[C@H](COC(=O)CCCCCCCCCCCCC)COP(=O)(O)OC1C(O)C(O)C(O)[C@@H](O)C1O. The first-order chi connectivity index (χ1) is 27.4. The van der Waals surface area contributed by atoms with Crippen molar-refractivity contribution in [1.82, 2.24) is 0 Å². The quantitative estimate of drug-likeness (QED) is 0.0153. The van der Waals surface area contributed by atoms with Crippen molar-refractivity contribution in [3.8, 4) is 0 Å². The summed E-state index contributed by atoms with van der Waals surface area (Å²) in [5.74, 6) is -1.11. The molecule has 334 valence electrons. The van der Waals surface area contributed by atoms with Crippen LogP contribution >= 0.6 is 7.82 Å². The van der Waals surface area contributed by atoms with Crippen LogP contribution < -0.4 is 0 Å². The maximum atomic E-state index is 12.8. The zero-order valence-electron chi connectivity index (χ0n) is 35.1. The molecule has 8 atom stereocenters. The molecular formula is C43H79O13P. The Morgan fingerprint density at radius 2 is 0.947 bits per heavy atom. The van der Waals surface area contributed by atoms with Gasteiger partial charge < -0.3 is 39.9 Å². The average molecular weight is 835 g/mol. The molecule has 0 saturated heterocycles. The standard InChI is InChI=1S/C43H79O13P/c1-3-5-7-9-11-13-15-16-17-18-19-20-22-24-26-28-30-32-37(45)55-35(33-53-36(44)31-29-27-25-23-21-14-12-10-8-6-4-2)34-54-57(51,52)56-43-41(49)39(47)38(46)40(48)42(43)50/h11,13,16-17,35,38-43,46-50H,3-10,12,14-15,18-34H2,1-2H3,(H,51,52)/b13-11-,17-16-/t35-,38?,39-,40?,41?,42?,43?/m1/s1. The van der Waals surface area contributed by atoms with Crippen LogP contribution in [0, 0.1) is 0 Å². The molecule has 13 nitrogen and oxygen atoms in total. The Labute approximate surface area is 343 Å². The molecule has 0 aromatic heterocycles. The molecule has 0 bridgehead atoms. The number of phosphoric ester groups is 1. The Balaban J connectivity index is 2.48. The third kappa shape index (κ3) is 26.9. The summed E-state index contributed by atoms with van der Waals surface area (Å²) in [6.45, 7) is 3.25. The Hall–Kier alpha value is -1.67. The van der Waals surface area contributed by atoms with E-state index in [4.69, 9.17) is 18.5 Å². The molecule has 0 aliphatic heterocycles. The number of hydrogen-bond acceptors (Lipinski definition) is 12. The fourth-order valence-corrected chi connectivity index (χ4v) is 7.64. The summed E-state index contributed by atoms with van der Waals surface area (Å²) in [5, 5.41) is 50.0. The first-order valence-electron chi connectivity index (χ1n) is 22.1. The van der Waals surface area contributed by atoms with Gasteiger partial charge in [0.15, 0.2) is 6.10 Å². The second-order valence-electron chi connectivity index (χ2n) is 15.6. The van der Waals surface area contributed by atoms with E-state index in [0.29, 0.717) is 12.8 Å². The number of unbranched alkanes of at least 4 members (excludes halogenated alkanes) is 20. The third-order valence-corrected chi connectivity index (χ3v) is 11.3. The van der Waals surface area contributed by atoms with Gasteiger partial charge in [0.2, 0.25) is 0 Å². The molecule has 0 aromatic rings. The lowest BCUT2D eigenvalue weighted by molar-refractivity contribution is -0.220. The van der Waals surface area contributed by atoms with Gasteiger partial charge >= 0.3 is 19.8 Å². The molecule has 6 unspecified atom stereocenters. The number of carbonyl (C=O) groups excluding carboxylic acids is 2. The topological polar surface area (TPSA) is 210 Å². The maximum absolute atomic E-state index is 12.8. The highest BCUT2D eigenvalue weighted by Crippen LogP contribution is 2.47. The highest BCUT2D eigenvalue weighted by Gasteiger charge is 2.51. The number of esters is 2. The summed E-state index contributed by atoms with van der Waals surface area (Å²) < 4.78 is 33.4. The van der Waals surface area contributed by atoms with E-state index < -0.39 is 75.7 Å². The number of ether oxygens (including phenoxy) is 2. The Bertz CT molecular complexity index is 1100. The fraction of sp³-hybridized carbons (Fsp3) is 0.860. The minimum atomic E-state index is -5.11. The van der Waals surface area contributed by atoms with Gasteiger partial charge in [-0.2, -0.15) is 0 Å². The summed E-state index contributed by atoms with van der Waals surface area (Å²) >= 11 is 0. The number of allylic oxidation sites excluding steroid dienone is 4. The van der Waals surface area contributed by atoms with Gasteiger partial charge in [0.1, 0.15) is 43.2 Å². The summed E-state index contributed by atoms with van der Waals surface area (Å²) in [6.07, 6.45) is 22.4. The number of aliphatic hydroxyl groups is 5. The smallest absolute Gasteiger partial charge is 0.462 e.